The van der Waals surface area contributed by atoms with E-state index in [-0.39, 0.29) is 11.4 Å². The lowest BCUT2D eigenvalue weighted by Gasteiger charge is -2.27. The van der Waals surface area contributed by atoms with Gasteiger partial charge in [-0.1, -0.05) is 29.8 Å². The third-order valence-electron chi connectivity index (χ3n) is 4.01. The van der Waals surface area contributed by atoms with Crippen LogP contribution in [0.1, 0.15) is 38.7 Å². The van der Waals surface area contributed by atoms with E-state index in [4.69, 9.17) is 11.6 Å². The van der Waals surface area contributed by atoms with Crippen molar-refractivity contribution in [2.75, 3.05) is 13.1 Å². The molecule has 1 aromatic rings. The van der Waals surface area contributed by atoms with Gasteiger partial charge >= 0.3 is 0 Å². The van der Waals surface area contributed by atoms with Crippen molar-refractivity contribution in [3.8, 4) is 0 Å². The molecule has 1 atom stereocenters. The van der Waals surface area contributed by atoms with E-state index in [1.54, 1.807) is 0 Å². The van der Waals surface area contributed by atoms with Crippen molar-refractivity contribution in [3.63, 3.8) is 0 Å². The van der Waals surface area contributed by atoms with Crippen LogP contribution in [0.15, 0.2) is 24.3 Å². The summed E-state index contributed by atoms with van der Waals surface area (Å²) in [5.74, 6) is 0.793. The maximum atomic E-state index is 12.1. The minimum Gasteiger partial charge on any atom is -0.351 e. The van der Waals surface area contributed by atoms with Crippen LogP contribution in [0.25, 0.3) is 0 Å². The Morgan fingerprint density at radius 2 is 2.19 bits per heavy atom. The second-order valence-corrected chi connectivity index (χ2v) is 7.00. The van der Waals surface area contributed by atoms with E-state index >= 15 is 0 Å². The summed E-state index contributed by atoms with van der Waals surface area (Å²) in [5.41, 5.74) is 0.792. The van der Waals surface area contributed by atoms with Crippen LogP contribution in [-0.4, -0.2) is 24.5 Å². The molecule has 116 valence electrons. The van der Waals surface area contributed by atoms with Crippen LogP contribution >= 0.6 is 11.6 Å². The van der Waals surface area contributed by atoms with Crippen molar-refractivity contribution in [1.29, 1.82) is 0 Å². The van der Waals surface area contributed by atoms with E-state index in [0.29, 0.717) is 12.3 Å². The summed E-state index contributed by atoms with van der Waals surface area (Å²) in [4.78, 5) is 12.1. The average Bonchev–Trinajstić information content (AvgIpc) is 2.91. The van der Waals surface area contributed by atoms with Crippen LogP contribution in [0.5, 0.6) is 0 Å². The number of benzene rings is 1. The smallest absolute Gasteiger partial charge is 0.220 e. The molecule has 1 aromatic carbocycles. The first-order valence-electron chi connectivity index (χ1n) is 7.71. The van der Waals surface area contributed by atoms with Gasteiger partial charge in [-0.2, -0.15) is 0 Å². The van der Waals surface area contributed by atoms with Crippen molar-refractivity contribution in [3.05, 3.63) is 34.9 Å². The fraction of sp³-hybridized carbons (Fsp3) is 0.588. The first kappa shape index (κ1) is 16.3. The Morgan fingerprint density at radius 1 is 1.43 bits per heavy atom. The highest BCUT2D eigenvalue weighted by Crippen LogP contribution is 2.21. The van der Waals surface area contributed by atoms with Gasteiger partial charge in [0, 0.05) is 17.0 Å². The number of amides is 1. The van der Waals surface area contributed by atoms with E-state index in [1.807, 2.05) is 38.1 Å². The number of rotatable bonds is 6. The van der Waals surface area contributed by atoms with Gasteiger partial charge in [0.05, 0.1) is 0 Å². The van der Waals surface area contributed by atoms with Crippen molar-refractivity contribution >= 4 is 17.5 Å². The molecule has 4 heteroatoms. The van der Waals surface area contributed by atoms with Gasteiger partial charge in [-0.15, -0.1) is 0 Å². The lowest BCUT2D eigenvalue weighted by atomic mass is 9.94. The van der Waals surface area contributed by atoms with Crippen LogP contribution in [0.4, 0.5) is 0 Å². The molecule has 1 aliphatic heterocycles. The van der Waals surface area contributed by atoms with Gasteiger partial charge in [0.25, 0.3) is 0 Å². The summed E-state index contributed by atoms with van der Waals surface area (Å²) in [6, 6.07) is 7.81. The van der Waals surface area contributed by atoms with Crippen molar-refractivity contribution < 1.29 is 4.79 Å². The maximum Gasteiger partial charge on any atom is 0.220 e. The van der Waals surface area contributed by atoms with Gasteiger partial charge in [0.2, 0.25) is 5.91 Å². The molecule has 2 N–H and O–H groups in total. The highest BCUT2D eigenvalue weighted by Gasteiger charge is 2.23. The van der Waals surface area contributed by atoms with Gasteiger partial charge in [-0.25, -0.2) is 0 Å². The Labute approximate surface area is 132 Å². The van der Waals surface area contributed by atoms with Gasteiger partial charge in [-0.05, 0) is 63.7 Å². The second kappa shape index (κ2) is 7.28. The molecule has 1 aliphatic rings. The Kier molecular flexibility index (Phi) is 5.65. The monoisotopic (exact) mass is 308 g/mol. The van der Waals surface area contributed by atoms with Gasteiger partial charge < -0.3 is 10.6 Å². The molecule has 0 radical (unpaired) electrons. The third-order valence-corrected chi connectivity index (χ3v) is 4.38. The van der Waals surface area contributed by atoms with E-state index in [9.17, 15) is 4.79 Å². The third kappa shape index (κ3) is 5.33. The number of nitrogens with one attached hydrogen (secondary N) is 2. The number of carbonyl (C=O) groups excluding carboxylic acids is 1. The molecular weight excluding hydrogens is 284 g/mol. The fourth-order valence-electron chi connectivity index (χ4n) is 2.90. The Hall–Kier alpha value is -1.06. The van der Waals surface area contributed by atoms with Crippen LogP contribution in [0, 0.1) is 5.92 Å². The summed E-state index contributed by atoms with van der Waals surface area (Å²) < 4.78 is 0. The second-order valence-electron chi connectivity index (χ2n) is 6.60. The molecule has 1 heterocycles. The highest BCUT2D eigenvalue weighted by molar-refractivity contribution is 6.31. The zero-order chi connectivity index (χ0) is 15.3. The predicted molar refractivity (Wildman–Crippen MR) is 87.6 cm³/mol. The molecule has 0 bridgehead atoms. The van der Waals surface area contributed by atoms with Gasteiger partial charge in [0.1, 0.15) is 0 Å². The standard InChI is InChI=1S/C17H25ClN2O/c1-17(2,11-14-5-3-4-6-15(14)18)20-16(21)8-7-13-9-10-19-12-13/h3-6,13,19H,7-12H2,1-2H3,(H,20,21). The maximum absolute atomic E-state index is 12.1. The fourth-order valence-corrected chi connectivity index (χ4v) is 3.10. The van der Waals surface area contributed by atoms with Gasteiger partial charge in [-0.3, -0.25) is 4.79 Å². The van der Waals surface area contributed by atoms with Crippen molar-refractivity contribution in [2.45, 2.75) is 45.1 Å². The topological polar surface area (TPSA) is 41.1 Å². The van der Waals surface area contributed by atoms with E-state index < -0.39 is 0 Å². The lowest BCUT2D eigenvalue weighted by molar-refractivity contribution is -0.122. The van der Waals surface area contributed by atoms with Crippen molar-refractivity contribution in [1.82, 2.24) is 10.6 Å². The van der Waals surface area contributed by atoms with Crippen molar-refractivity contribution in [2.24, 2.45) is 5.92 Å². The molecular formula is C17H25ClN2O. The average molecular weight is 309 g/mol. The summed E-state index contributed by atoms with van der Waals surface area (Å²) in [7, 11) is 0. The first-order chi connectivity index (χ1) is 9.96. The normalized spacial score (nSPS) is 18.7. The summed E-state index contributed by atoms with van der Waals surface area (Å²) in [6.07, 6.45) is 3.51. The Balaban J connectivity index is 1.82. The molecule has 1 unspecified atom stereocenters. The summed E-state index contributed by atoms with van der Waals surface area (Å²) >= 11 is 6.19. The summed E-state index contributed by atoms with van der Waals surface area (Å²) in [6.45, 7) is 6.23. The molecule has 0 aromatic heterocycles. The molecule has 3 nitrogen and oxygen atoms in total. The number of halogens is 1. The Bertz CT molecular complexity index is 481. The molecule has 0 saturated carbocycles. The minimum absolute atomic E-state index is 0.138. The molecule has 0 spiro atoms. The molecule has 1 amide bonds. The van der Waals surface area contributed by atoms with Crippen LogP contribution in [0.3, 0.4) is 0 Å². The van der Waals surface area contributed by atoms with Crippen LogP contribution in [0.2, 0.25) is 5.02 Å². The molecule has 0 aliphatic carbocycles. The lowest BCUT2D eigenvalue weighted by Crippen LogP contribution is -2.45. The summed E-state index contributed by atoms with van der Waals surface area (Å²) in [5, 5.41) is 7.24. The molecule has 21 heavy (non-hydrogen) atoms. The van der Waals surface area contributed by atoms with E-state index in [2.05, 4.69) is 10.6 Å². The SMILES string of the molecule is CC(C)(Cc1ccccc1Cl)NC(=O)CCC1CCNC1. The zero-order valence-corrected chi connectivity index (χ0v) is 13.7. The number of carbonyl (C=O) groups is 1. The first-order valence-corrected chi connectivity index (χ1v) is 8.09. The molecule has 2 rings (SSSR count). The quantitative estimate of drug-likeness (QED) is 0.847. The zero-order valence-electron chi connectivity index (χ0n) is 12.9. The van der Waals surface area contributed by atoms with Gasteiger partial charge in [0.15, 0.2) is 0 Å². The van der Waals surface area contributed by atoms with Crippen LogP contribution in [-0.2, 0) is 11.2 Å². The Morgan fingerprint density at radius 3 is 2.86 bits per heavy atom. The highest BCUT2D eigenvalue weighted by atomic mass is 35.5. The van der Waals surface area contributed by atoms with E-state index in [0.717, 1.165) is 36.5 Å². The predicted octanol–water partition coefficient (Wildman–Crippen LogP) is 3.17. The van der Waals surface area contributed by atoms with Crippen LogP contribution < -0.4 is 10.6 Å². The number of hydrogen-bond acceptors (Lipinski definition) is 2. The number of hydrogen-bond donors (Lipinski definition) is 2. The van der Waals surface area contributed by atoms with E-state index in [1.165, 1.54) is 6.42 Å². The molecule has 1 saturated heterocycles. The molecule has 1 fully saturated rings. The minimum atomic E-state index is -0.282. The largest absolute Gasteiger partial charge is 0.351 e.